The number of ether oxygens (including phenoxy) is 1. The number of nitrogens with zero attached hydrogens (tertiary/aromatic N) is 1. The summed E-state index contributed by atoms with van der Waals surface area (Å²) in [5.74, 6) is -1.40. The average Bonchev–Trinajstić information content (AvgIpc) is 2.43. The first kappa shape index (κ1) is 16.4. The first-order chi connectivity index (χ1) is 10.3. The smallest absolute Gasteiger partial charge is 0.421 e. The topological polar surface area (TPSA) is 34.1 Å². The largest absolute Gasteiger partial charge is 0.437 e. The molecule has 0 bridgehead atoms. The summed E-state index contributed by atoms with van der Waals surface area (Å²) in [6, 6.07) is 4.14. The molecule has 0 radical (unpaired) electrons. The van der Waals surface area contributed by atoms with E-state index in [1.165, 1.54) is 6.07 Å². The highest BCUT2D eigenvalue weighted by Crippen LogP contribution is 2.39. The zero-order valence-electron chi connectivity index (χ0n) is 11.3. The minimum atomic E-state index is -4.62. The molecule has 0 unspecified atom stereocenters. The van der Waals surface area contributed by atoms with Gasteiger partial charge in [0.2, 0.25) is 5.88 Å². The second-order valence-electron chi connectivity index (χ2n) is 4.25. The SMILES string of the molecule is CCNc1cc(Oc2ncccc2C(F)(F)F)c(Cl)cc1F. The van der Waals surface area contributed by atoms with Crippen LogP contribution in [0.15, 0.2) is 30.5 Å². The van der Waals surface area contributed by atoms with Crippen LogP contribution in [0.2, 0.25) is 5.02 Å². The van der Waals surface area contributed by atoms with E-state index in [1.807, 2.05) is 0 Å². The van der Waals surface area contributed by atoms with Crippen LogP contribution in [0.5, 0.6) is 11.6 Å². The Morgan fingerprint density at radius 3 is 2.68 bits per heavy atom. The number of hydrogen-bond acceptors (Lipinski definition) is 3. The Labute approximate surface area is 128 Å². The van der Waals surface area contributed by atoms with Gasteiger partial charge in [0, 0.05) is 18.8 Å². The summed E-state index contributed by atoms with van der Waals surface area (Å²) in [5, 5.41) is 2.56. The highest BCUT2D eigenvalue weighted by Gasteiger charge is 2.35. The fourth-order valence-electron chi connectivity index (χ4n) is 1.73. The second-order valence-corrected chi connectivity index (χ2v) is 4.66. The quantitative estimate of drug-likeness (QED) is 0.788. The molecule has 1 heterocycles. The maximum Gasteiger partial charge on any atom is 0.421 e. The van der Waals surface area contributed by atoms with Crippen molar-refractivity contribution in [3.05, 3.63) is 46.9 Å². The zero-order chi connectivity index (χ0) is 16.3. The van der Waals surface area contributed by atoms with Gasteiger partial charge in [-0.05, 0) is 25.1 Å². The van der Waals surface area contributed by atoms with Crippen LogP contribution < -0.4 is 10.1 Å². The Balaban J connectivity index is 2.42. The van der Waals surface area contributed by atoms with Gasteiger partial charge in [-0.1, -0.05) is 11.6 Å². The maximum atomic E-state index is 13.6. The second kappa shape index (κ2) is 6.39. The van der Waals surface area contributed by atoms with Crippen LogP contribution in [0, 0.1) is 5.82 Å². The molecule has 1 aromatic heterocycles. The lowest BCUT2D eigenvalue weighted by atomic mass is 10.2. The standard InChI is InChI=1S/C14H11ClF4N2O/c1-2-20-11-7-12(9(15)6-10(11)16)22-13-8(14(17,18)19)4-3-5-21-13/h3-7,20H,2H2,1H3. The van der Waals surface area contributed by atoms with E-state index in [0.717, 1.165) is 24.4 Å². The van der Waals surface area contributed by atoms with Gasteiger partial charge >= 0.3 is 6.18 Å². The van der Waals surface area contributed by atoms with E-state index in [9.17, 15) is 17.6 Å². The van der Waals surface area contributed by atoms with E-state index in [2.05, 4.69) is 10.3 Å². The lowest BCUT2D eigenvalue weighted by Crippen LogP contribution is -2.08. The molecule has 0 amide bonds. The Bertz CT molecular complexity index is 676. The molecule has 3 nitrogen and oxygen atoms in total. The third kappa shape index (κ3) is 3.59. The van der Waals surface area contributed by atoms with Crippen LogP contribution in [-0.4, -0.2) is 11.5 Å². The molecule has 0 atom stereocenters. The van der Waals surface area contributed by atoms with Gasteiger partial charge in [0.05, 0.1) is 10.7 Å². The summed E-state index contributed by atoms with van der Waals surface area (Å²) in [6.45, 7) is 2.17. The van der Waals surface area contributed by atoms with Crippen molar-refractivity contribution in [2.75, 3.05) is 11.9 Å². The molecule has 2 aromatic rings. The van der Waals surface area contributed by atoms with Gasteiger partial charge in [-0.15, -0.1) is 0 Å². The molecule has 0 saturated heterocycles. The summed E-state index contributed by atoms with van der Waals surface area (Å²) in [6.07, 6.45) is -3.46. The van der Waals surface area contributed by atoms with Crippen molar-refractivity contribution in [2.24, 2.45) is 0 Å². The molecule has 1 N–H and O–H groups in total. The fraction of sp³-hybridized carbons (Fsp3) is 0.214. The number of hydrogen-bond donors (Lipinski definition) is 1. The normalized spacial score (nSPS) is 11.4. The molecule has 0 aliphatic heterocycles. The van der Waals surface area contributed by atoms with E-state index in [0.29, 0.717) is 6.54 Å². The predicted octanol–water partition coefficient (Wildman–Crippen LogP) is 5.12. The van der Waals surface area contributed by atoms with Crippen molar-refractivity contribution in [3.8, 4) is 11.6 Å². The molecule has 22 heavy (non-hydrogen) atoms. The van der Waals surface area contributed by atoms with Crippen LogP contribution in [0.4, 0.5) is 23.2 Å². The molecule has 0 fully saturated rings. The third-order valence-corrected chi connectivity index (χ3v) is 2.97. The number of pyridine rings is 1. The van der Waals surface area contributed by atoms with Gasteiger partial charge in [0.15, 0.2) is 0 Å². The Morgan fingerprint density at radius 1 is 1.32 bits per heavy atom. The minimum Gasteiger partial charge on any atom is -0.437 e. The molecule has 1 aromatic carbocycles. The number of rotatable bonds is 4. The molecule has 118 valence electrons. The minimum absolute atomic E-state index is 0.0754. The number of aromatic nitrogens is 1. The summed E-state index contributed by atoms with van der Waals surface area (Å²) < 4.78 is 57.4. The molecule has 0 saturated carbocycles. The third-order valence-electron chi connectivity index (χ3n) is 2.67. The molecular formula is C14H11ClF4N2O. The number of anilines is 1. The number of halogens is 5. The van der Waals surface area contributed by atoms with E-state index in [-0.39, 0.29) is 16.5 Å². The highest BCUT2D eigenvalue weighted by molar-refractivity contribution is 6.32. The van der Waals surface area contributed by atoms with Crippen molar-refractivity contribution >= 4 is 17.3 Å². The van der Waals surface area contributed by atoms with Gasteiger partial charge in [0.1, 0.15) is 17.1 Å². The molecule has 2 rings (SSSR count). The van der Waals surface area contributed by atoms with Crippen LogP contribution in [0.25, 0.3) is 0 Å². The molecular weight excluding hydrogens is 324 g/mol. The first-order valence-corrected chi connectivity index (χ1v) is 6.63. The number of alkyl halides is 3. The zero-order valence-corrected chi connectivity index (χ0v) is 12.1. The molecule has 0 aliphatic rings. The van der Waals surface area contributed by atoms with Crippen molar-refractivity contribution in [3.63, 3.8) is 0 Å². The van der Waals surface area contributed by atoms with Gasteiger partial charge in [-0.3, -0.25) is 0 Å². The van der Waals surface area contributed by atoms with E-state index in [4.69, 9.17) is 16.3 Å². The molecule has 8 heteroatoms. The summed E-state index contributed by atoms with van der Waals surface area (Å²) in [4.78, 5) is 3.56. The number of benzene rings is 1. The van der Waals surface area contributed by atoms with Crippen LogP contribution in [0.3, 0.4) is 0 Å². The number of nitrogens with one attached hydrogen (secondary N) is 1. The van der Waals surface area contributed by atoms with Gasteiger partial charge in [0.25, 0.3) is 0 Å². The van der Waals surface area contributed by atoms with Crippen molar-refractivity contribution < 1.29 is 22.3 Å². The van der Waals surface area contributed by atoms with Gasteiger partial charge < -0.3 is 10.1 Å². The average molecular weight is 335 g/mol. The Kier molecular flexibility index (Phi) is 4.75. The monoisotopic (exact) mass is 334 g/mol. The van der Waals surface area contributed by atoms with Crippen molar-refractivity contribution in [1.29, 1.82) is 0 Å². The Hall–Kier alpha value is -2.02. The van der Waals surface area contributed by atoms with Crippen molar-refractivity contribution in [2.45, 2.75) is 13.1 Å². The summed E-state index contributed by atoms with van der Waals surface area (Å²) >= 11 is 5.82. The lowest BCUT2D eigenvalue weighted by Gasteiger charge is -2.14. The summed E-state index contributed by atoms with van der Waals surface area (Å²) in [7, 11) is 0. The predicted molar refractivity (Wildman–Crippen MR) is 74.9 cm³/mol. The van der Waals surface area contributed by atoms with Crippen molar-refractivity contribution in [1.82, 2.24) is 4.98 Å². The van der Waals surface area contributed by atoms with E-state index in [1.54, 1.807) is 6.92 Å². The maximum absolute atomic E-state index is 13.6. The van der Waals surface area contributed by atoms with E-state index >= 15 is 0 Å². The van der Waals surface area contributed by atoms with Gasteiger partial charge in [-0.25, -0.2) is 9.37 Å². The highest BCUT2D eigenvalue weighted by atomic mass is 35.5. The van der Waals surface area contributed by atoms with Crippen LogP contribution in [-0.2, 0) is 6.18 Å². The van der Waals surface area contributed by atoms with Crippen LogP contribution >= 0.6 is 11.6 Å². The fourth-order valence-corrected chi connectivity index (χ4v) is 1.91. The Morgan fingerprint density at radius 2 is 2.05 bits per heavy atom. The first-order valence-electron chi connectivity index (χ1n) is 6.26. The van der Waals surface area contributed by atoms with Gasteiger partial charge in [-0.2, -0.15) is 13.2 Å². The molecule has 0 aliphatic carbocycles. The summed E-state index contributed by atoms with van der Waals surface area (Å²) in [5.41, 5.74) is -0.966. The lowest BCUT2D eigenvalue weighted by molar-refractivity contribution is -0.138. The molecule has 0 spiro atoms. The van der Waals surface area contributed by atoms with E-state index < -0.39 is 23.4 Å². The van der Waals surface area contributed by atoms with Crippen LogP contribution in [0.1, 0.15) is 12.5 Å².